The third-order valence-corrected chi connectivity index (χ3v) is 3.68. The molecule has 0 aliphatic carbocycles. The highest BCUT2D eigenvalue weighted by molar-refractivity contribution is 5.69. The van der Waals surface area contributed by atoms with Crippen molar-refractivity contribution in [2.24, 2.45) is 0 Å². The molecule has 1 N–H and O–H groups in total. The van der Waals surface area contributed by atoms with Gasteiger partial charge in [-0.25, -0.2) is 17.9 Å². The van der Waals surface area contributed by atoms with Crippen molar-refractivity contribution in [1.82, 2.24) is 0 Å². The predicted octanol–water partition coefficient (Wildman–Crippen LogP) is 2.44. The van der Waals surface area contributed by atoms with Crippen LogP contribution in [-0.2, 0) is 6.54 Å². The molecule has 0 saturated heterocycles. The van der Waals surface area contributed by atoms with Crippen LogP contribution in [0.5, 0.6) is 0 Å². The summed E-state index contributed by atoms with van der Waals surface area (Å²) in [5.41, 5.74) is 0.120. The number of benzene rings is 2. The maximum Gasteiger partial charge on any atom is 0.348 e. The van der Waals surface area contributed by atoms with Gasteiger partial charge in [0.2, 0.25) is 5.52 Å². The van der Waals surface area contributed by atoms with Crippen LogP contribution in [0.2, 0.25) is 0 Å². The molecule has 24 heavy (non-hydrogen) atoms. The van der Waals surface area contributed by atoms with Gasteiger partial charge in [-0.05, 0) is 17.7 Å². The van der Waals surface area contributed by atoms with E-state index >= 15 is 0 Å². The van der Waals surface area contributed by atoms with Crippen LogP contribution in [0.1, 0.15) is 11.3 Å². The Morgan fingerprint density at radius 1 is 0.917 bits per heavy atom. The molecule has 0 saturated carbocycles. The zero-order chi connectivity index (χ0) is 17.4. The summed E-state index contributed by atoms with van der Waals surface area (Å²) < 4.78 is 40.3. The highest BCUT2D eigenvalue weighted by Gasteiger charge is 2.24. The topological polar surface area (TPSA) is 65.9 Å². The van der Waals surface area contributed by atoms with Crippen molar-refractivity contribution in [2.75, 3.05) is 5.32 Å². The molecule has 1 aromatic heterocycles. The second-order valence-corrected chi connectivity index (χ2v) is 5.26. The van der Waals surface area contributed by atoms with Crippen LogP contribution >= 0.6 is 0 Å². The SMILES string of the molecule is Cc1c(NCc2ccc(F)cc2)[n+]([O-])c2cc(F)c(F)cc2[n+]1[O-]. The quantitative estimate of drug-likeness (QED) is 0.591. The molecule has 1 heterocycles. The Morgan fingerprint density at radius 3 is 2.04 bits per heavy atom. The molecule has 0 atom stereocenters. The average molecular weight is 335 g/mol. The summed E-state index contributed by atoms with van der Waals surface area (Å²) in [5.74, 6) is -2.92. The van der Waals surface area contributed by atoms with Crippen LogP contribution in [0.4, 0.5) is 19.0 Å². The molecule has 124 valence electrons. The number of nitrogens with one attached hydrogen (secondary N) is 1. The van der Waals surface area contributed by atoms with E-state index in [1.165, 1.54) is 31.2 Å². The summed E-state index contributed by atoms with van der Waals surface area (Å²) in [4.78, 5) is 0. The molecule has 3 rings (SSSR count). The molecule has 0 aliphatic rings. The number of anilines is 1. The third-order valence-electron chi connectivity index (χ3n) is 3.68. The number of rotatable bonds is 3. The molecular weight excluding hydrogens is 323 g/mol. The van der Waals surface area contributed by atoms with Crippen molar-refractivity contribution in [3.8, 4) is 0 Å². The number of nitrogens with zero attached hydrogens (tertiary/aromatic N) is 2. The Labute approximate surface area is 134 Å². The van der Waals surface area contributed by atoms with Crippen molar-refractivity contribution in [1.29, 1.82) is 0 Å². The van der Waals surface area contributed by atoms with E-state index in [-0.39, 0.29) is 29.1 Å². The van der Waals surface area contributed by atoms with E-state index in [1.807, 2.05) is 0 Å². The average Bonchev–Trinajstić information content (AvgIpc) is 2.56. The second kappa shape index (κ2) is 5.88. The van der Waals surface area contributed by atoms with Gasteiger partial charge in [-0.1, -0.05) is 12.1 Å². The predicted molar refractivity (Wildman–Crippen MR) is 80.2 cm³/mol. The zero-order valence-corrected chi connectivity index (χ0v) is 12.5. The number of halogens is 3. The molecule has 0 aliphatic heterocycles. The van der Waals surface area contributed by atoms with E-state index in [4.69, 9.17) is 0 Å². The van der Waals surface area contributed by atoms with Gasteiger partial charge >= 0.3 is 5.82 Å². The summed E-state index contributed by atoms with van der Waals surface area (Å²) in [6.07, 6.45) is 0. The minimum absolute atomic E-state index is 0.00520. The Kier molecular flexibility index (Phi) is 3.88. The van der Waals surface area contributed by atoms with E-state index in [2.05, 4.69) is 5.32 Å². The van der Waals surface area contributed by atoms with Crippen LogP contribution in [0, 0.1) is 34.8 Å². The fourth-order valence-electron chi connectivity index (χ4n) is 2.38. The van der Waals surface area contributed by atoms with E-state index in [0.717, 1.165) is 0 Å². The van der Waals surface area contributed by atoms with Crippen molar-refractivity contribution in [3.63, 3.8) is 0 Å². The number of hydrogen-bond donors (Lipinski definition) is 1. The number of hydrogen-bond acceptors (Lipinski definition) is 3. The second-order valence-electron chi connectivity index (χ2n) is 5.26. The maximum absolute atomic E-state index is 13.4. The minimum Gasteiger partial charge on any atom is -0.710 e. The summed E-state index contributed by atoms with van der Waals surface area (Å²) in [6, 6.07) is 6.93. The van der Waals surface area contributed by atoms with Gasteiger partial charge in [0.1, 0.15) is 12.4 Å². The van der Waals surface area contributed by atoms with Gasteiger partial charge in [0.05, 0.1) is 6.07 Å². The molecule has 0 fully saturated rings. The Hall–Kier alpha value is -3.03. The molecule has 0 spiro atoms. The highest BCUT2D eigenvalue weighted by atomic mass is 19.2. The van der Waals surface area contributed by atoms with Crippen LogP contribution in [0.3, 0.4) is 0 Å². The first kappa shape index (κ1) is 15.9. The van der Waals surface area contributed by atoms with Crippen LogP contribution in [-0.4, -0.2) is 0 Å². The lowest BCUT2D eigenvalue weighted by Gasteiger charge is -2.14. The molecule has 0 amide bonds. The largest absolute Gasteiger partial charge is 0.710 e. The van der Waals surface area contributed by atoms with Crippen molar-refractivity contribution in [3.05, 3.63) is 75.5 Å². The number of fused-ring (bicyclic) bond motifs is 1. The van der Waals surface area contributed by atoms with Crippen LogP contribution in [0.25, 0.3) is 11.0 Å². The number of aromatic nitrogens is 2. The lowest BCUT2D eigenvalue weighted by Crippen LogP contribution is -2.43. The molecule has 5 nitrogen and oxygen atoms in total. The first-order valence-corrected chi connectivity index (χ1v) is 7.01. The van der Waals surface area contributed by atoms with E-state index < -0.39 is 17.5 Å². The molecular formula is C16H12F3N3O2. The maximum atomic E-state index is 13.4. The summed E-state index contributed by atoms with van der Waals surface area (Å²) in [6.45, 7) is 1.54. The van der Waals surface area contributed by atoms with Crippen molar-refractivity contribution < 1.29 is 22.6 Å². The van der Waals surface area contributed by atoms with Crippen LogP contribution in [0.15, 0.2) is 36.4 Å². The van der Waals surface area contributed by atoms with Gasteiger partial charge in [-0.2, -0.15) is 4.73 Å². The van der Waals surface area contributed by atoms with E-state index in [9.17, 15) is 23.6 Å². The van der Waals surface area contributed by atoms with Gasteiger partial charge < -0.3 is 10.4 Å². The summed E-state index contributed by atoms with van der Waals surface area (Å²) >= 11 is 0. The van der Waals surface area contributed by atoms with E-state index in [1.54, 1.807) is 0 Å². The first-order valence-electron chi connectivity index (χ1n) is 7.01. The normalized spacial score (nSPS) is 11.0. The Balaban J connectivity index is 2.04. The van der Waals surface area contributed by atoms with Crippen molar-refractivity contribution in [2.45, 2.75) is 13.5 Å². The smallest absolute Gasteiger partial charge is 0.348 e. The zero-order valence-electron chi connectivity index (χ0n) is 12.5. The van der Waals surface area contributed by atoms with Gasteiger partial charge in [-0.15, -0.1) is 0 Å². The van der Waals surface area contributed by atoms with Gasteiger partial charge in [0.15, 0.2) is 11.6 Å². The highest BCUT2D eigenvalue weighted by Crippen LogP contribution is 2.17. The fourth-order valence-corrected chi connectivity index (χ4v) is 2.38. The van der Waals surface area contributed by atoms with Crippen LogP contribution < -0.4 is 14.8 Å². The van der Waals surface area contributed by atoms with E-state index in [0.29, 0.717) is 27.2 Å². The molecule has 0 bridgehead atoms. The molecule has 8 heteroatoms. The van der Waals surface area contributed by atoms with Gasteiger partial charge in [0, 0.05) is 13.0 Å². The standard InChI is InChI=1S/C16H12F3N3O2/c1-9-16(20-8-10-2-4-11(17)5-3-10)22(24)15-7-13(19)12(18)6-14(15)21(9)23/h2-7,20H,8H2,1H3. The minimum atomic E-state index is -1.22. The van der Waals surface area contributed by atoms with Gasteiger partial charge in [-0.3, -0.25) is 5.32 Å². The van der Waals surface area contributed by atoms with Gasteiger partial charge in [0.25, 0.3) is 11.2 Å². The Morgan fingerprint density at radius 2 is 1.46 bits per heavy atom. The molecule has 2 aromatic carbocycles. The first-order chi connectivity index (χ1) is 11.4. The Bertz CT molecular complexity index is 930. The molecule has 0 unspecified atom stereocenters. The summed E-state index contributed by atoms with van der Waals surface area (Å²) in [7, 11) is 0. The lowest BCUT2D eigenvalue weighted by atomic mass is 10.2. The van der Waals surface area contributed by atoms with Crippen molar-refractivity contribution >= 4 is 16.9 Å². The lowest BCUT2D eigenvalue weighted by molar-refractivity contribution is -0.623. The molecule has 3 aromatic rings. The fraction of sp³-hybridized carbons (Fsp3) is 0.125. The summed E-state index contributed by atoms with van der Waals surface area (Å²) in [5, 5.41) is 27.4. The molecule has 0 radical (unpaired) electrons. The third kappa shape index (κ3) is 2.66. The monoisotopic (exact) mass is 335 g/mol.